The van der Waals surface area contributed by atoms with E-state index in [9.17, 15) is 14.0 Å². The number of amides is 1. The number of para-hydroxylation sites is 1. The standard InChI is InChI=1S/C22H15FN4O3S/c23-13-5-7-16-15(9-13)22(29)27(12-25-16)11-20(28)24-10-14-6-8-18(30-14)21-26-17-3-1-2-4-19(17)31-21/h1-9,12H,10-11H2,(H,24,28). The zero-order valence-corrected chi connectivity index (χ0v) is 16.9. The molecule has 0 atom stereocenters. The average Bonchev–Trinajstić information content (AvgIpc) is 3.41. The molecule has 0 radical (unpaired) electrons. The van der Waals surface area contributed by atoms with Crippen LogP contribution in [0, 0.1) is 5.82 Å². The first-order chi connectivity index (χ1) is 15.1. The van der Waals surface area contributed by atoms with Gasteiger partial charge in [-0.2, -0.15) is 0 Å². The summed E-state index contributed by atoms with van der Waals surface area (Å²) >= 11 is 1.53. The van der Waals surface area contributed by atoms with Gasteiger partial charge in [0.25, 0.3) is 5.56 Å². The summed E-state index contributed by atoms with van der Waals surface area (Å²) in [6.45, 7) is -0.0716. The van der Waals surface area contributed by atoms with Crippen LogP contribution in [0.3, 0.4) is 0 Å². The van der Waals surface area contributed by atoms with Gasteiger partial charge < -0.3 is 9.73 Å². The number of hydrogen-bond donors (Lipinski definition) is 1. The first-order valence-corrected chi connectivity index (χ1v) is 10.2. The van der Waals surface area contributed by atoms with Crippen LogP contribution in [0.1, 0.15) is 5.76 Å². The van der Waals surface area contributed by atoms with E-state index in [2.05, 4.69) is 15.3 Å². The van der Waals surface area contributed by atoms with Gasteiger partial charge in [0.1, 0.15) is 18.1 Å². The fourth-order valence-corrected chi connectivity index (χ4v) is 4.13. The van der Waals surface area contributed by atoms with Gasteiger partial charge >= 0.3 is 0 Å². The van der Waals surface area contributed by atoms with Crippen LogP contribution in [0.4, 0.5) is 4.39 Å². The van der Waals surface area contributed by atoms with Crippen LogP contribution in [-0.4, -0.2) is 20.4 Å². The molecule has 9 heteroatoms. The second kappa shape index (κ2) is 7.77. The average molecular weight is 434 g/mol. The van der Waals surface area contributed by atoms with Crippen molar-refractivity contribution >= 4 is 38.4 Å². The molecule has 0 fully saturated rings. The van der Waals surface area contributed by atoms with Crippen molar-refractivity contribution in [1.29, 1.82) is 0 Å². The zero-order valence-electron chi connectivity index (χ0n) is 16.0. The van der Waals surface area contributed by atoms with Crippen molar-refractivity contribution in [2.24, 2.45) is 0 Å². The summed E-state index contributed by atoms with van der Waals surface area (Å²) in [6, 6.07) is 15.2. The number of hydrogen-bond acceptors (Lipinski definition) is 6. The number of furan rings is 1. The predicted molar refractivity (Wildman–Crippen MR) is 115 cm³/mol. The molecule has 3 heterocycles. The van der Waals surface area contributed by atoms with E-state index >= 15 is 0 Å². The minimum absolute atomic E-state index is 0.127. The van der Waals surface area contributed by atoms with Crippen LogP contribution in [0.2, 0.25) is 0 Å². The lowest BCUT2D eigenvalue weighted by atomic mass is 10.2. The monoisotopic (exact) mass is 434 g/mol. The van der Waals surface area contributed by atoms with E-state index in [4.69, 9.17) is 4.42 Å². The maximum atomic E-state index is 13.4. The molecule has 5 aromatic rings. The zero-order chi connectivity index (χ0) is 21.4. The SMILES string of the molecule is O=C(Cn1cnc2ccc(F)cc2c1=O)NCc1ccc(-c2nc3ccccc3s2)o1. The van der Waals surface area contributed by atoms with Crippen molar-refractivity contribution in [2.45, 2.75) is 13.1 Å². The van der Waals surface area contributed by atoms with Crippen molar-refractivity contribution in [1.82, 2.24) is 19.9 Å². The first-order valence-electron chi connectivity index (χ1n) is 9.43. The van der Waals surface area contributed by atoms with Gasteiger partial charge in [-0.3, -0.25) is 14.2 Å². The molecule has 1 amide bonds. The van der Waals surface area contributed by atoms with Gasteiger partial charge in [0, 0.05) is 0 Å². The quantitative estimate of drug-likeness (QED) is 0.455. The summed E-state index contributed by atoms with van der Waals surface area (Å²) in [5, 5.41) is 3.60. The summed E-state index contributed by atoms with van der Waals surface area (Å²) in [6.07, 6.45) is 1.28. The van der Waals surface area contributed by atoms with Crippen LogP contribution in [0.25, 0.3) is 31.9 Å². The fraction of sp³-hybridized carbons (Fsp3) is 0.0909. The first kappa shape index (κ1) is 19.1. The minimum atomic E-state index is -0.532. The summed E-state index contributed by atoms with van der Waals surface area (Å²) in [5.41, 5.74) is 0.805. The minimum Gasteiger partial charge on any atom is -0.457 e. The molecular weight excluding hydrogens is 419 g/mol. The number of carbonyl (C=O) groups is 1. The highest BCUT2D eigenvalue weighted by molar-refractivity contribution is 7.21. The normalized spacial score (nSPS) is 11.3. The maximum absolute atomic E-state index is 13.4. The molecule has 154 valence electrons. The molecule has 0 spiro atoms. The summed E-state index contributed by atoms with van der Waals surface area (Å²) in [4.78, 5) is 33.4. The van der Waals surface area contributed by atoms with Gasteiger partial charge in [0.15, 0.2) is 10.8 Å². The van der Waals surface area contributed by atoms with Crippen molar-refractivity contribution < 1.29 is 13.6 Å². The Morgan fingerprint density at radius 3 is 2.87 bits per heavy atom. The van der Waals surface area contributed by atoms with Crippen molar-refractivity contribution in [3.63, 3.8) is 0 Å². The predicted octanol–water partition coefficient (Wildman–Crippen LogP) is 3.72. The number of thiazole rings is 1. The molecule has 7 nitrogen and oxygen atoms in total. The van der Waals surface area contributed by atoms with E-state index in [1.54, 1.807) is 6.07 Å². The van der Waals surface area contributed by atoms with Crippen LogP contribution in [0.5, 0.6) is 0 Å². The molecule has 0 aliphatic rings. The van der Waals surface area contributed by atoms with Gasteiger partial charge in [0.05, 0.1) is 34.0 Å². The fourth-order valence-electron chi connectivity index (χ4n) is 3.21. The Morgan fingerprint density at radius 1 is 1.13 bits per heavy atom. The third-order valence-electron chi connectivity index (χ3n) is 4.73. The van der Waals surface area contributed by atoms with Crippen molar-refractivity contribution in [3.8, 4) is 10.8 Å². The maximum Gasteiger partial charge on any atom is 0.261 e. The number of fused-ring (bicyclic) bond motifs is 2. The Hall–Kier alpha value is -3.85. The van der Waals surface area contributed by atoms with E-state index in [-0.39, 0.29) is 18.5 Å². The number of aromatic nitrogens is 3. The number of benzene rings is 2. The Labute approximate surface area is 178 Å². The highest BCUT2D eigenvalue weighted by Crippen LogP contribution is 2.31. The third kappa shape index (κ3) is 3.82. The lowest BCUT2D eigenvalue weighted by Gasteiger charge is -2.07. The van der Waals surface area contributed by atoms with Crippen LogP contribution in [0.15, 0.2) is 70.1 Å². The molecule has 0 saturated heterocycles. The Bertz CT molecular complexity index is 1450. The van der Waals surface area contributed by atoms with Crippen LogP contribution >= 0.6 is 11.3 Å². The lowest BCUT2D eigenvalue weighted by molar-refractivity contribution is -0.122. The molecule has 3 aromatic heterocycles. The summed E-state index contributed by atoms with van der Waals surface area (Å²) in [5.74, 6) is 0.268. The molecule has 31 heavy (non-hydrogen) atoms. The van der Waals surface area contributed by atoms with Crippen molar-refractivity contribution in [3.05, 3.63) is 82.9 Å². The Kier molecular flexibility index (Phi) is 4.79. The topological polar surface area (TPSA) is 90.0 Å². The van der Waals surface area contributed by atoms with E-state index in [1.807, 2.05) is 30.3 Å². The molecular formula is C22H15FN4O3S. The smallest absolute Gasteiger partial charge is 0.261 e. The number of rotatable bonds is 5. The largest absolute Gasteiger partial charge is 0.457 e. The van der Waals surface area contributed by atoms with Gasteiger partial charge in [-0.05, 0) is 42.5 Å². The molecule has 0 bridgehead atoms. The molecule has 1 N–H and O–H groups in total. The van der Waals surface area contributed by atoms with Crippen molar-refractivity contribution in [2.75, 3.05) is 0 Å². The molecule has 2 aromatic carbocycles. The molecule has 0 unspecified atom stereocenters. The van der Waals surface area contributed by atoms with E-state index in [0.717, 1.165) is 25.9 Å². The van der Waals surface area contributed by atoms with Crippen LogP contribution < -0.4 is 10.9 Å². The van der Waals surface area contributed by atoms with E-state index < -0.39 is 17.3 Å². The van der Waals surface area contributed by atoms with E-state index in [1.165, 1.54) is 29.8 Å². The van der Waals surface area contributed by atoms with E-state index in [0.29, 0.717) is 17.0 Å². The number of nitrogens with zero attached hydrogens (tertiary/aromatic N) is 3. The lowest BCUT2D eigenvalue weighted by Crippen LogP contribution is -2.32. The van der Waals surface area contributed by atoms with Gasteiger partial charge in [-0.25, -0.2) is 14.4 Å². The Balaban J connectivity index is 1.26. The second-order valence-corrected chi connectivity index (χ2v) is 7.90. The number of nitrogens with one attached hydrogen (secondary N) is 1. The Morgan fingerprint density at radius 2 is 2.00 bits per heavy atom. The number of halogens is 1. The van der Waals surface area contributed by atoms with Gasteiger partial charge in [-0.1, -0.05) is 12.1 Å². The van der Waals surface area contributed by atoms with Gasteiger partial charge in [0.2, 0.25) is 5.91 Å². The number of carbonyl (C=O) groups excluding carboxylic acids is 1. The van der Waals surface area contributed by atoms with Gasteiger partial charge in [-0.15, -0.1) is 11.3 Å². The molecule has 0 saturated carbocycles. The highest BCUT2D eigenvalue weighted by atomic mass is 32.1. The second-order valence-electron chi connectivity index (χ2n) is 6.87. The highest BCUT2D eigenvalue weighted by Gasteiger charge is 2.12. The summed E-state index contributed by atoms with van der Waals surface area (Å²) < 4.78 is 21.5. The molecule has 5 rings (SSSR count). The molecule has 0 aliphatic carbocycles. The summed E-state index contributed by atoms with van der Waals surface area (Å²) in [7, 11) is 0. The van der Waals surface area contributed by atoms with Crippen LogP contribution in [-0.2, 0) is 17.9 Å². The third-order valence-corrected chi connectivity index (χ3v) is 5.78. The molecule has 0 aliphatic heterocycles.